The number of carbonyl (C=O) groups excluding carboxylic acids is 1. The van der Waals surface area contributed by atoms with E-state index in [4.69, 9.17) is 9.47 Å². The molecule has 0 unspecified atom stereocenters. The highest BCUT2D eigenvalue weighted by atomic mass is 16.5. The Labute approximate surface area is 140 Å². The van der Waals surface area contributed by atoms with Crippen LogP contribution in [0.1, 0.15) is 75.6 Å². The molecule has 128 valence electrons. The van der Waals surface area contributed by atoms with Gasteiger partial charge >= 0.3 is 5.97 Å². The summed E-state index contributed by atoms with van der Waals surface area (Å²) in [5.41, 5.74) is 0.613. The third-order valence-electron chi connectivity index (χ3n) is 4.59. The number of hydrogen-bond acceptors (Lipinski definition) is 3. The smallest absolute Gasteiger partial charge is 0.338 e. The van der Waals surface area contributed by atoms with Gasteiger partial charge in [0, 0.05) is 0 Å². The van der Waals surface area contributed by atoms with Crippen LogP contribution in [0.3, 0.4) is 0 Å². The molecule has 0 amide bonds. The average molecular weight is 318 g/mol. The SMILES string of the molecule is CCCCCCOc1ccc(C(=O)OC2CCC(C)CC2)cc1. The first-order chi connectivity index (χ1) is 11.2. The maximum atomic E-state index is 12.2. The van der Waals surface area contributed by atoms with E-state index in [-0.39, 0.29) is 12.1 Å². The van der Waals surface area contributed by atoms with E-state index in [0.29, 0.717) is 5.56 Å². The number of hydrogen-bond donors (Lipinski definition) is 0. The van der Waals surface area contributed by atoms with Crippen molar-refractivity contribution in [2.24, 2.45) is 5.92 Å². The molecule has 1 aromatic rings. The molecule has 3 nitrogen and oxygen atoms in total. The Hall–Kier alpha value is -1.51. The van der Waals surface area contributed by atoms with Crippen LogP contribution < -0.4 is 4.74 Å². The van der Waals surface area contributed by atoms with E-state index in [1.807, 2.05) is 12.1 Å². The molecule has 1 saturated carbocycles. The molecule has 2 rings (SSSR count). The molecule has 1 aliphatic carbocycles. The second-order valence-electron chi connectivity index (χ2n) is 6.72. The predicted octanol–water partition coefficient (Wildman–Crippen LogP) is 5.38. The van der Waals surface area contributed by atoms with Crippen LogP contribution in [-0.4, -0.2) is 18.7 Å². The number of esters is 1. The zero-order chi connectivity index (χ0) is 16.5. The third kappa shape index (κ3) is 6.25. The summed E-state index contributed by atoms with van der Waals surface area (Å²) in [6, 6.07) is 7.32. The number of carbonyl (C=O) groups is 1. The molecule has 0 heterocycles. The maximum absolute atomic E-state index is 12.2. The molecule has 0 N–H and O–H groups in total. The minimum absolute atomic E-state index is 0.0909. The summed E-state index contributed by atoms with van der Waals surface area (Å²) in [6.07, 6.45) is 9.17. The normalized spacial score (nSPS) is 21.0. The summed E-state index contributed by atoms with van der Waals surface area (Å²) in [7, 11) is 0. The van der Waals surface area contributed by atoms with Crippen LogP contribution in [0, 0.1) is 5.92 Å². The van der Waals surface area contributed by atoms with Gasteiger partial charge in [0.1, 0.15) is 11.9 Å². The molecule has 1 aromatic carbocycles. The van der Waals surface area contributed by atoms with Crippen LogP contribution in [0.4, 0.5) is 0 Å². The second-order valence-corrected chi connectivity index (χ2v) is 6.72. The number of benzene rings is 1. The van der Waals surface area contributed by atoms with Crippen molar-refractivity contribution >= 4 is 5.97 Å². The highest BCUT2D eigenvalue weighted by Gasteiger charge is 2.22. The van der Waals surface area contributed by atoms with Gasteiger partial charge in [0.25, 0.3) is 0 Å². The lowest BCUT2D eigenvalue weighted by Gasteiger charge is -2.26. The van der Waals surface area contributed by atoms with Crippen molar-refractivity contribution in [1.82, 2.24) is 0 Å². The van der Waals surface area contributed by atoms with Crippen molar-refractivity contribution in [3.63, 3.8) is 0 Å². The van der Waals surface area contributed by atoms with Crippen LogP contribution in [-0.2, 0) is 4.74 Å². The minimum Gasteiger partial charge on any atom is -0.494 e. The summed E-state index contributed by atoms with van der Waals surface area (Å²) in [4.78, 5) is 12.2. The zero-order valence-electron chi connectivity index (χ0n) is 14.6. The number of rotatable bonds is 8. The van der Waals surface area contributed by atoms with E-state index in [0.717, 1.165) is 50.4 Å². The highest BCUT2D eigenvalue weighted by Crippen LogP contribution is 2.26. The third-order valence-corrected chi connectivity index (χ3v) is 4.59. The predicted molar refractivity (Wildman–Crippen MR) is 92.9 cm³/mol. The van der Waals surface area contributed by atoms with Gasteiger partial charge in [-0.3, -0.25) is 0 Å². The minimum atomic E-state index is -0.209. The van der Waals surface area contributed by atoms with E-state index in [1.54, 1.807) is 12.1 Å². The van der Waals surface area contributed by atoms with E-state index in [2.05, 4.69) is 13.8 Å². The monoisotopic (exact) mass is 318 g/mol. The van der Waals surface area contributed by atoms with Crippen LogP contribution in [0.25, 0.3) is 0 Å². The van der Waals surface area contributed by atoms with Gasteiger partial charge in [-0.1, -0.05) is 33.1 Å². The quantitative estimate of drug-likeness (QED) is 0.477. The van der Waals surface area contributed by atoms with Gasteiger partial charge in [0.15, 0.2) is 0 Å². The fraction of sp³-hybridized carbons (Fsp3) is 0.650. The Balaban J connectivity index is 1.74. The first kappa shape index (κ1) is 17.8. The van der Waals surface area contributed by atoms with Crippen LogP contribution in [0.15, 0.2) is 24.3 Å². The van der Waals surface area contributed by atoms with Crippen LogP contribution in [0.2, 0.25) is 0 Å². The van der Waals surface area contributed by atoms with Gasteiger partial charge in [-0.25, -0.2) is 4.79 Å². The molecule has 1 aliphatic rings. The molecular weight excluding hydrogens is 288 g/mol. The van der Waals surface area contributed by atoms with Gasteiger partial charge in [-0.2, -0.15) is 0 Å². The zero-order valence-corrected chi connectivity index (χ0v) is 14.6. The Morgan fingerprint density at radius 3 is 2.39 bits per heavy atom. The first-order valence-electron chi connectivity index (χ1n) is 9.13. The second kappa shape index (κ2) is 9.59. The standard InChI is InChI=1S/C20H30O3/c1-3-4-5-6-15-22-18-13-9-17(10-14-18)20(21)23-19-11-7-16(2)8-12-19/h9-10,13-14,16,19H,3-8,11-12,15H2,1-2H3. The summed E-state index contributed by atoms with van der Waals surface area (Å²) >= 11 is 0. The van der Waals surface area contributed by atoms with Crippen molar-refractivity contribution in [3.05, 3.63) is 29.8 Å². The van der Waals surface area contributed by atoms with E-state index < -0.39 is 0 Å². The van der Waals surface area contributed by atoms with E-state index >= 15 is 0 Å². The van der Waals surface area contributed by atoms with Gasteiger partial charge in [0.05, 0.1) is 12.2 Å². The summed E-state index contributed by atoms with van der Waals surface area (Å²) in [6.45, 7) is 5.20. The fourth-order valence-electron chi connectivity index (χ4n) is 2.97. The molecule has 0 aromatic heterocycles. The Morgan fingerprint density at radius 1 is 1.04 bits per heavy atom. The van der Waals surface area contributed by atoms with Crippen molar-refractivity contribution in [1.29, 1.82) is 0 Å². The average Bonchev–Trinajstić information content (AvgIpc) is 2.57. The number of ether oxygens (including phenoxy) is 2. The lowest BCUT2D eigenvalue weighted by molar-refractivity contribution is 0.0174. The summed E-state index contributed by atoms with van der Waals surface area (Å²) in [5, 5.41) is 0. The van der Waals surface area contributed by atoms with Crippen molar-refractivity contribution in [3.8, 4) is 5.75 Å². The first-order valence-corrected chi connectivity index (χ1v) is 9.13. The van der Waals surface area contributed by atoms with Gasteiger partial charge in [-0.15, -0.1) is 0 Å². The molecule has 0 aliphatic heterocycles. The molecule has 0 bridgehead atoms. The van der Waals surface area contributed by atoms with Gasteiger partial charge < -0.3 is 9.47 Å². The van der Waals surface area contributed by atoms with Crippen molar-refractivity contribution in [2.45, 2.75) is 71.3 Å². The molecule has 0 radical (unpaired) electrons. The molecule has 0 saturated heterocycles. The molecule has 0 spiro atoms. The molecule has 3 heteroatoms. The number of unbranched alkanes of at least 4 members (excludes halogenated alkanes) is 3. The van der Waals surface area contributed by atoms with Crippen molar-refractivity contribution < 1.29 is 14.3 Å². The fourth-order valence-corrected chi connectivity index (χ4v) is 2.97. The van der Waals surface area contributed by atoms with Gasteiger partial charge in [0.2, 0.25) is 0 Å². The highest BCUT2D eigenvalue weighted by molar-refractivity contribution is 5.89. The Kier molecular flexibility index (Phi) is 7.44. The topological polar surface area (TPSA) is 35.5 Å². The molecule has 23 heavy (non-hydrogen) atoms. The van der Waals surface area contributed by atoms with Gasteiger partial charge in [-0.05, 0) is 62.3 Å². The largest absolute Gasteiger partial charge is 0.494 e. The maximum Gasteiger partial charge on any atom is 0.338 e. The Morgan fingerprint density at radius 2 is 1.74 bits per heavy atom. The summed E-state index contributed by atoms with van der Waals surface area (Å²) < 4.78 is 11.3. The molecule has 1 fully saturated rings. The summed E-state index contributed by atoms with van der Waals surface area (Å²) in [5.74, 6) is 1.38. The Bertz CT molecular complexity index is 458. The van der Waals surface area contributed by atoms with Crippen molar-refractivity contribution in [2.75, 3.05) is 6.61 Å². The van der Waals surface area contributed by atoms with Crippen LogP contribution in [0.5, 0.6) is 5.75 Å². The lowest BCUT2D eigenvalue weighted by atomic mass is 9.89. The molecular formula is C20H30O3. The van der Waals surface area contributed by atoms with E-state index in [9.17, 15) is 4.79 Å². The lowest BCUT2D eigenvalue weighted by Crippen LogP contribution is -2.23. The van der Waals surface area contributed by atoms with E-state index in [1.165, 1.54) is 19.3 Å². The molecule has 0 atom stereocenters. The van der Waals surface area contributed by atoms with Crippen LogP contribution >= 0.6 is 0 Å².